The first-order chi connectivity index (χ1) is 8.09. The molecule has 4 nitrogen and oxygen atoms in total. The summed E-state index contributed by atoms with van der Waals surface area (Å²) in [6.07, 6.45) is 5.13. The van der Waals surface area contributed by atoms with E-state index >= 15 is 0 Å². The number of carboxylic acid groups (broad SMARTS) is 1. The first kappa shape index (κ1) is 12.7. The molecule has 0 spiro atoms. The zero-order valence-electron chi connectivity index (χ0n) is 9.93. The molecule has 2 aliphatic heterocycles. The number of amides is 1. The summed E-state index contributed by atoms with van der Waals surface area (Å²) >= 11 is -1.84. The SMILES string of the molecule is [CH3][In]1[CH]=CC=[C]1C(=O)N1CCC(C(=O)O)CC1. The molecule has 0 aromatic carbocycles. The summed E-state index contributed by atoms with van der Waals surface area (Å²) in [5.41, 5.74) is 0. The van der Waals surface area contributed by atoms with Crippen LogP contribution >= 0.6 is 0 Å². The summed E-state index contributed by atoms with van der Waals surface area (Å²) in [6.45, 7) is 1.18. The van der Waals surface area contributed by atoms with E-state index in [1.165, 1.54) is 0 Å². The van der Waals surface area contributed by atoms with Crippen LogP contribution in [0.3, 0.4) is 0 Å². The topological polar surface area (TPSA) is 57.6 Å². The number of carbonyl (C=O) groups is 2. The van der Waals surface area contributed by atoms with E-state index in [-0.39, 0.29) is 11.8 Å². The third kappa shape index (κ3) is 2.76. The van der Waals surface area contributed by atoms with Crippen molar-refractivity contribution in [3.63, 3.8) is 0 Å². The molecule has 2 heterocycles. The molecule has 0 aromatic heterocycles. The van der Waals surface area contributed by atoms with E-state index in [9.17, 15) is 9.59 Å². The molecule has 0 radical (unpaired) electrons. The molecule has 1 fully saturated rings. The van der Waals surface area contributed by atoms with Gasteiger partial charge in [0.25, 0.3) is 0 Å². The van der Waals surface area contributed by atoms with Gasteiger partial charge in [-0.2, -0.15) is 0 Å². The number of likely N-dealkylation sites (tertiary alicyclic amines) is 1. The molecule has 2 rings (SSSR count). The van der Waals surface area contributed by atoms with E-state index in [1.807, 2.05) is 17.1 Å². The predicted octanol–water partition coefficient (Wildman–Crippen LogP) is 1.01. The molecule has 1 N–H and O–H groups in total. The maximum absolute atomic E-state index is 12.2. The fourth-order valence-corrected chi connectivity index (χ4v) is 7.04. The van der Waals surface area contributed by atoms with Gasteiger partial charge in [0, 0.05) is 0 Å². The third-order valence-corrected chi connectivity index (χ3v) is 9.88. The summed E-state index contributed by atoms with van der Waals surface area (Å²) in [6, 6.07) is 0. The van der Waals surface area contributed by atoms with E-state index in [1.54, 1.807) is 0 Å². The fraction of sp³-hybridized carbons (Fsp3) is 0.500. The van der Waals surface area contributed by atoms with E-state index in [4.69, 9.17) is 5.11 Å². The number of aliphatic carboxylic acids is 1. The molecule has 0 saturated carbocycles. The monoisotopic (exact) mass is 337 g/mol. The molecule has 17 heavy (non-hydrogen) atoms. The predicted molar refractivity (Wildman–Crippen MR) is 65.8 cm³/mol. The molecule has 0 aromatic rings. The summed E-state index contributed by atoms with van der Waals surface area (Å²) in [5.74, 6) is -0.843. The second kappa shape index (κ2) is 5.29. The first-order valence-electron chi connectivity index (χ1n) is 6.00. The van der Waals surface area contributed by atoms with Crippen molar-refractivity contribution in [2.24, 2.45) is 5.92 Å². The Bertz CT molecular complexity index is 395. The second-order valence-electron chi connectivity index (χ2n) is 4.70. The Balaban J connectivity index is 1.93. The quantitative estimate of drug-likeness (QED) is 0.818. The van der Waals surface area contributed by atoms with Crippen molar-refractivity contribution in [1.82, 2.24) is 4.90 Å². The normalized spacial score (nSPS) is 20.6. The van der Waals surface area contributed by atoms with Gasteiger partial charge in [-0.05, 0) is 0 Å². The molecule has 1 saturated heterocycles. The van der Waals surface area contributed by atoms with E-state index in [0.29, 0.717) is 25.9 Å². The van der Waals surface area contributed by atoms with Crippen molar-refractivity contribution in [3.8, 4) is 0 Å². The van der Waals surface area contributed by atoms with Gasteiger partial charge in [0.1, 0.15) is 0 Å². The van der Waals surface area contributed by atoms with Crippen LogP contribution in [0.1, 0.15) is 12.8 Å². The summed E-state index contributed by atoms with van der Waals surface area (Å²) < 4.78 is 5.44. The van der Waals surface area contributed by atoms with Crippen molar-refractivity contribution in [1.29, 1.82) is 0 Å². The maximum atomic E-state index is 12.2. The van der Waals surface area contributed by atoms with Gasteiger partial charge in [0.05, 0.1) is 0 Å². The average Bonchev–Trinajstić information content (AvgIpc) is 2.74. The summed E-state index contributed by atoms with van der Waals surface area (Å²) in [7, 11) is 0. The molecular weight excluding hydrogens is 321 g/mol. The molecule has 0 unspecified atom stereocenters. The van der Waals surface area contributed by atoms with Crippen LogP contribution in [-0.4, -0.2) is 56.4 Å². The third-order valence-electron chi connectivity index (χ3n) is 3.54. The number of piperidine rings is 1. The second-order valence-corrected chi connectivity index (χ2v) is 12.1. The Kier molecular flexibility index (Phi) is 3.97. The number of nitrogens with zero attached hydrogens (tertiary/aromatic N) is 1. The summed E-state index contributed by atoms with van der Waals surface area (Å²) in [4.78, 5) is 24.9. The number of carbonyl (C=O) groups excluding carboxylic acids is 1. The van der Waals surface area contributed by atoms with E-state index in [0.717, 1.165) is 3.33 Å². The van der Waals surface area contributed by atoms with Gasteiger partial charge >= 0.3 is 109 Å². The van der Waals surface area contributed by atoms with Crippen LogP contribution in [0, 0.1) is 5.92 Å². The van der Waals surface area contributed by atoms with Gasteiger partial charge < -0.3 is 0 Å². The van der Waals surface area contributed by atoms with E-state index in [2.05, 4.69) is 8.51 Å². The van der Waals surface area contributed by atoms with Gasteiger partial charge in [-0.1, -0.05) is 0 Å². The molecule has 2 aliphatic rings. The minimum atomic E-state index is -1.84. The van der Waals surface area contributed by atoms with Gasteiger partial charge in [-0.3, -0.25) is 0 Å². The molecule has 0 aliphatic carbocycles. The van der Waals surface area contributed by atoms with Crippen LogP contribution < -0.4 is 0 Å². The number of carboxylic acids is 1. The van der Waals surface area contributed by atoms with Gasteiger partial charge in [0.15, 0.2) is 0 Å². The van der Waals surface area contributed by atoms with E-state index < -0.39 is 27.4 Å². The van der Waals surface area contributed by atoms with Crippen LogP contribution in [0.25, 0.3) is 0 Å². The molecular formula is C12H16InNO3. The Morgan fingerprint density at radius 1 is 1.41 bits per heavy atom. The van der Waals surface area contributed by atoms with Gasteiger partial charge in [-0.25, -0.2) is 0 Å². The van der Waals surface area contributed by atoms with Crippen molar-refractivity contribution < 1.29 is 14.7 Å². The first-order valence-corrected chi connectivity index (χ1v) is 12.8. The average molecular weight is 337 g/mol. The Hall–Kier alpha value is -0.710. The van der Waals surface area contributed by atoms with Crippen molar-refractivity contribution in [2.45, 2.75) is 17.5 Å². The van der Waals surface area contributed by atoms with Crippen molar-refractivity contribution >= 4 is 33.3 Å². The van der Waals surface area contributed by atoms with Gasteiger partial charge in [0.2, 0.25) is 0 Å². The summed E-state index contributed by atoms with van der Waals surface area (Å²) in [5, 5.41) is 8.90. The number of allylic oxidation sites excluding steroid dienone is 2. The molecule has 0 bridgehead atoms. The zero-order chi connectivity index (χ0) is 12.4. The van der Waals surface area contributed by atoms with Crippen molar-refractivity contribution in [3.05, 3.63) is 19.3 Å². The number of hydrogen-bond acceptors (Lipinski definition) is 2. The van der Waals surface area contributed by atoms with Crippen LogP contribution in [0.15, 0.2) is 19.3 Å². The minimum absolute atomic E-state index is 0.155. The van der Waals surface area contributed by atoms with Crippen LogP contribution in [-0.2, 0) is 9.59 Å². The Morgan fingerprint density at radius 2 is 2.06 bits per heavy atom. The van der Waals surface area contributed by atoms with Crippen LogP contribution in [0.5, 0.6) is 0 Å². The molecule has 5 heteroatoms. The molecule has 0 atom stereocenters. The standard InChI is InChI=1S/C11H13NO3.CH3.In/c1-2-3-4-10(13)12-7-5-9(6-8-12)11(14)15;;/h1-3,9H,5-8H2,(H,14,15);1H3;. The Labute approximate surface area is 109 Å². The van der Waals surface area contributed by atoms with Crippen LogP contribution in [0.2, 0.25) is 4.68 Å². The van der Waals surface area contributed by atoms with Gasteiger partial charge in [-0.15, -0.1) is 0 Å². The Morgan fingerprint density at radius 3 is 2.53 bits per heavy atom. The zero-order valence-corrected chi connectivity index (χ0v) is 13.2. The fourth-order valence-electron chi connectivity index (χ4n) is 2.36. The number of rotatable bonds is 2. The van der Waals surface area contributed by atoms with Crippen molar-refractivity contribution in [2.75, 3.05) is 13.1 Å². The molecule has 90 valence electrons. The number of hydrogen-bond donors (Lipinski definition) is 1. The molecule has 1 amide bonds. The van der Waals surface area contributed by atoms with Crippen LogP contribution in [0.4, 0.5) is 0 Å².